The number of ether oxygens (including phenoxy) is 2. The van der Waals surface area contributed by atoms with Crippen molar-refractivity contribution in [1.82, 2.24) is 0 Å². The van der Waals surface area contributed by atoms with Crippen molar-refractivity contribution in [3.8, 4) is 16.9 Å². The van der Waals surface area contributed by atoms with Crippen molar-refractivity contribution in [2.75, 3.05) is 19.0 Å². The fourth-order valence-electron chi connectivity index (χ4n) is 2.72. The Bertz CT molecular complexity index is 936. The molecule has 3 aromatic rings. The van der Waals surface area contributed by atoms with Crippen LogP contribution in [-0.4, -0.2) is 25.6 Å². The molecule has 3 aromatic carbocycles. The summed E-state index contributed by atoms with van der Waals surface area (Å²) in [6.45, 7) is -0.330. The molecule has 5 heteroatoms. The summed E-state index contributed by atoms with van der Waals surface area (Å²) in [4.78, 5) is 23.9. The van der Waals surface area contributed by atoms with Gasteiger partial charge in [0, 0.05) is 5.69 Å². The number of nitrogens with one attached hydrogen (secondary N) is 1. The van der Waals surface area contributed by atoms with Crippen LogP contribution in [0.15, 0.2) is 78.9 Å². The summed E-state index contributed by atoms with van der Waals surface area (Å²) in [7, 11) is 1.56. The molecule has 0 spiro atoms. The van der Waals surface area contributed by atoms with E-state index in [9.17, 15) is 9.59 Å². The second kappa shape index (κ2) is 9.37. The normalized spacial score (nSPS) is 10.2. The highest BCUT2D eigenvalue weighted by atomic mass is 16.5. The predicted octanol–water partition coefficient (Wildman–Crippen LogP) is 4.09. The smallest absolute Gasteiger partial charge is 0.310 e. The SMILES string of the molecule is COc1cccc(CC(=O)OCC(=O)Nc2ccc(-c3ccccc3)cc2)c1. The van der Waals surface area contributed by atoms with Crippen molar-refractivity contribution >= 4 is 17.6 Å². The van der Waals surface area contributed by atoms with E-state index in [-0.39, 0.29) is 18.9 Å². The third-order valence-electron chi connectivity index (χ3n) is 4.12. The maximum absolute atomic E-state index is 12.0. The Morgan fingerprint density at radius 3 is 2.29 bits per heavy atom. The Morgan fingerprint density at radius 2 is 1.57 bits per heavy atom. The van der Waals surface area contributed by atoms with Gasteiger partial charge in [0.2, 0.25) is 0 Å². The molecule has 0 aliphatic heterocycles. The summed E-state index contributed by atoms with van der Waals surface area (Å²) in [6, 6.07) is 24.6. The number of benzene rings is 3. The second-order valence-electron chi connectivity index (χ2n) is 6.18. The van der Waals surface area contributed by atoms with Crippen molar-refractivity contribution in [1.29, 1.82) is 0 Å². The third kappa shape index (κ3) is 5.45. The van der Waals surface area contributed by atoms with Crippen molar-refractivity contribution in [2.24, 2.45) is 0 Å². The molecule has 0 radical (unpaired) electrons. The molecule has 0 aromatic heterocycles. The highest BCUT2D eigenvalue weighted by molar-refractivity contribution is 5.93. The van der Waals surface area contributed by atoms with Crippen molar-refractivity contribution in [3.05, 3.63) is 84.4 Å². The number of rotatable bonds is 7. The zero-order chi connectivity index (χ0) is 19.8. The predicted molar refractivity (Wildman–Crippen MR) is 108 cm³/mol. The third-order valence-corrected chi connectivity index (χ3v) is 4.12. The molecular weight excluding hydrogens is 354 g/mol. The van der Waals surface area contributed by atoms with E-state index in [0.29, 0.717) is 11.4 Å². The number of hydrogen-bond acceptors (Lipinski definition) is 4. The topological polar surface area (TPSA) is 64.6 Å². The van der Waals surface area contributed by atoms with Crippen molar-refractivity contribution in [3.63, 3.8) is 0 Å². The molecule has 0 unspecified atom stereocenters. The molecule has 0 heterocycles. The summed E-state index contributed by atoms with van der Waals surface area (Å²) in [5, 5.41) is 2.72. The van der Waals surface area contributed by atoms with Crippen LogP contribution in [0.2, 0.25) is 0 Å². The molecule has 0 atom stereocenters. The standard InChI is InChI=1S/C23H21NO4/c1-27-21-9-5-6-17(14-21)15-23(26)28-16-22(25)24-20-12-10-19(11-13-20)18-7-3-2-4-8-18/h2-14H,15-16H2,1H3,(H,24,25). The number of carbonyl (C=O) groups excluding carboxylic acids is 2. The van der Waals surface area contributed by atoms with E-state index in [0.717, 1.165) is 16.7 Å². The van der Waals surface area contributed by atoms with Crippen LogP contribution >= 0.6 is 0 Å². The minimum absolute atomic E-state index is 0.0796. The summed E-state index contributed by atoms with van der Waals surface area (Å²) >= 11 is 0. The Morgan fingerprint density at radius 1 is 0.857 bits per heavy atom. The Hall–Kier alpha value is -3.60. The average molecular weight is 375 g/mol. The molecule has 0 bridgehead atoms. The molecule has 1 amide bonds. The minimum atomic E-state index is -0.470. The average Bonchev–Trinajstić information content (AvgIpc) is 2.73. The van der Waals surface area contributed by atoms with E-state index in [1.807, 2.05) is 54.6 Å². The minimum Gasteiger partial charge on any atom is -0.497 e. The summed E-state index contributed by atoms with van der Waals surface area (Å²) in [5.41, 5.74) is 3.57. The second-order valence-corrected chi connectivity index (χ2v) is 6.18. The molecule has 5 nitrogen and oxygen atoms in total. The van der Waals surface area contributed by atoms with Gasteiger partial charge in [-0.1, -0.05) is 54.6 Å². The molecule has 28 heavy (non-hydrogen) atoms. The lowest BCUT2D eigenvalue weighted by Crippen LogP contribution is -2.21. The summed E-state index contributed by atoms with van der Waals surface area (Å²) in [6.07, 6.45) is 0.0796. The highest BCUT2D eigenvalue weighted by Gasteiger charge is 2.10. The fourth-order valence-corrected chi connectivity index (χ4v) is 2.72. The van der Waals surface area contributed by atoms with Gasteiger partial charge in [-0.25, -0.2) is 0 Å². The first-order valence-corrected chi connectivity index (χ1v) is 8.88. The summed E-state index contributed by atoms with van der Waals surface area (Å²) in [5.74, 6) is -0.184. The van der Waals surface area contributed by atoms with E-state index in [1.165, 1.54) is 0 Å². The number of anilines is 1. The highest BCUT2D eigenvalue weighted by Crippen LogP contribution is 2.21. The lowest BCUT2D eigenvalue weighted by Gasteiger charge is -2.08. The largest absolute Gasteiger partial charge is 0.497 e. The molecule has 1 N–H and O–H groups in total. The van der Waals surface area contributed by atoms with Gasteiger partial charge < -0.3 is 14.8 Å². The molecule has 0 fully saturated rings. The van der Waals surface area contributed by atoms with Crippen molar-refractivity contribution < 1.29 is 19.1 Å². The van der Waals surface area contributed by atoms with E-state index in [4.69, 9.17) is 9.47 Å². The maximum Gasteiger partial charge on any atom is 0.310 e. The van der Waals surface area contributed by atoms with E-state index >= 15 is 0 Å². The fraction of sp³-hybridized carbons (Fsp3) is 0.130. The summed E-state index contributed by atoms with van der Waals surface area (Å²) < 4.78 is 10.2. The quantitative estimate of drug-likeness (QED) is 0.632. The van der Waals surface area contributed by atoms with Gasteiger partial charge in [-0.15, -0.1) is 0 Å². The number of esters is 1. The van der Waals surface area contributed by atoms with Gasteiger partial charge in [0.1, 0.15) is 5.75 Å². The van der Waals surface area contributed by atoms with Gasteiger partial charge in [-0.05, 0) is 41.0 Å². The van der Waals surface area contributed by atoms with Gasteiger partial charge >= 0.3 is 5.97 Å². The molecule has 0 saturated carbocycles. The molecule has 0 aliphatic carbocycles. The zero-order valence-electron chi connectivity index (χ0n) is 15.6. The van der Waals surface area contributed by atoms with Crippen LogP contribution in [0.5, 0.6) is 5.75 Å². The first kappa shape index (κ1) is 19.2. The first-order valence-electron chi connectivity index (χ1n) is 8.88. The number of carbonyl (C=O) groups is 2. The van der Waals surface area contributed by atoms with E-state index < -0.39 is 5.97 Å². The van der Waals surface area contributed by atoms with Gasteiger partial charge in [0.25, 0.3) is 5.91 Å². The van der Waals surface area contributed by atoms with E-state index in [2.05, 4.69) is 5.32 Å². The van der Waals surface area contributed by atoms with Gasteiger partial charge in [0.05, 0.1) is 13.5 Å². The van der Waals surface area contributed by atoms with Gasteiger partial charge in [-0.3, -0.25) is 9.59 Å². The van der Waals surface area contributed by atoms with Gasteiger partial charge in [0.15, 0.2) is 6.61 Å². The van der Waals surface area contributed by atoms with Crippen LogP contribution in [0.25, 0.3) is 11.1 Å². The van der Waals surface area contributed by atoms with Crippen LogP contribution in [0.3, 0.4) is 0 Å². The van der Waals surface area contributed by atoms with Crippen LogP contribution in [-0.2, 0) is 20.7 Å². The number of hydrogen-bond donors (Lipinski definition) is 1. The zero-order valence-corrected chi connectivity index (χ0v) is 15.6. The maximum atomic E-state index is 12.0. The van der Waals surface area contributed by atoms with Crippen LogP contribution < -0.4 is 10.1 Å². The Kier molecular flexibility index (Phi) is 6.41. The lowest BCUT2D eigenvalue weighted by molar-refractivity contribution is -0.146. The first-order chi connectivity index (χ1) is 13.6. The van der Waals surface area contributed by atoms with Crippen LogP contribution in [0.4, 0.5) is 5.69 Å². The molecule has 0 aliphatic rings. The Balaban J connectivity index is 1.48. The Labute approximate surface area is 163 Å². The molecule has 0 saturated heterocycles. The lowest BCUT2D eigenvalue weighted by atomic mass is 10.1. The van der Waals surface area contributed by atoms with E-state index in [1.54, 1.807) is 31.4 Å². The van der Waals surface area contributed by atoms with Crippen LogP contribution in [0.1, 0.15) is 5.56 Å². The molecule has 3 rings (SSSR count). The molecular formula is C23H21NO4. The van der Waals surface area contributed by atoms with Crippen molar-refractivity contribution in [2.45, 2.75) is 6.42 Å². The number of methoxy groups -OCH3 is 1. The molecule has 142 valence electrons. The monoisotopic (exact) mass is 375 g/mol. The van der Waals surface area contributed by atoms with Gasteiger partial charge in [-0.2, -0.15) is 0 Å². The number of amides is 1. The van der Waals surface area contributed by atoms with Crippen LogP contribution in [0, 0.1) is 0 Å².